The van der Waals surface area contributed by atoms with Gasteiger partial charge in [-0.2, -0.15) is 0 Å². The first-order chi connectivity index (χ1) is 12.6. The van der Waals surface area contributed by atoms with Crippen molar-refractivity contribution in [1.29, 1.82) is 0 Å². The maximum atomic E-state index is 12.4. The topological polar surface area (TPSA) is 50.4 Å². The highest BCUT2D eigenvalue weighted by Crippen LogP contribution is 2.23. The van der Waals surface area contributed by atoms with Gasteiger partial charge >= 0.3 is 0 Å². The number of ether oxygens (including phenoxy) is 1. The van der Waals surface area contributed by atoms with E-state index in [-0.39, 0.29) is 11.9 Å². The van der Waals surface area contributed by atoms with Crippen molar-refractivity contribution in [2.24, 2.45) is 0 Å². The summed E-state index contributed by atoms with van der Waals surface area (Å²) in [5.41, 5.74) is 2.73. The van der Waals surface area contributed by atoms with Gasteiger partial charge in [-0.05, 0) is 61.9 Å². The average molecular weight is 346 g/mol. The van der Waals surface area contributed by atoms with E-state index in [1.54, 1.807) is 0 Å². The number of anilines is 2. The second-order valence-corrected chi connectivity index (χ2v) is 6.11. The van der Waals surface area contributed by atoms with Crippen LogP contribution in [0.25, 0.3) is 0 Å². The number of para-hydroxylation sites is 2. The van der Waals surface area contributed by atoms with Gasteiger partial charge in [-0.25, -0.2) is 0 Å². The Balaban J connectivity index is 1.58. The molecule has 0 bridgehead atoms. The van der Waals surface area contributed by atoms with E-state index < -0.39 is 0 Å². The van der Waals surface area contributed by atoms with Gasteiger partial charge in [0.15, 0.2) is 0 Å². The molecule has 1 atom stereocenters. The summed E-state index contributed by atoms with van der Waals surface area (Å²) in [6.45, 7) is 3.81. The first-order valence-electron chi connectivity index (χ1n) is 8.58. The van der Waals surface area contributed by atoms with Crippen molar-refractivity contribution in [2.75, 3.05) is 10.6 Å². The number of benzene rings is 3. The van der Waals surface area contributed by atoms with Gasteiger partial charge in [0, 0.05) is 11.4 Å². The Labute approximate surface area is 153 Å². The van der Waals surface area contributed by atoms with Gasteiger partial charge in [0.1, 0.15) is 17.5 Å². The molecule has 0 aromatic heterocycles. The molecule has 1 unspecified atom stereocenters. The molecule has 0 heterocycles. The Hall–Kier alpha value is -3.27. The van der Waals surface area contributed by atoms with Crippen LogP contribution in [0, 0.1) is 6.92 Å². The Morgan fingerprint density at radius 2 is 1.46 bits per heavy atom. The lowest BCUT2D eigenvalue weighted by atomic mass is 10.2. The average Bonchev–Trinajstić information content (AvgIpc) is 2.66. The van der Waals surface area contributed by atoms with E-state index in [1.807, 2.05) is 92.7 Å². The molecule has 0 aliphatic heterocycles. The minimum Gasteiger partial charge on any atom is -0.457 e. The number of hydrogen-bond donors (Lipinski definition) is 2. The summed E-state index contributed by atoms with van der Waals surface area (Å²) in [4.78, 5) is 12.4. The van der Waals surface area contributed by atoms with Crippen molar-refractivity contribution < 1.29 is 9.53 Å². The molecule has 2 N–H and O–H groups in total. The summed E-state index contributed by atoms with van der Waals surface area (Å²) >= 11 is 0. The summed E-state index contributed by atoms with van der Waals surface area (Å²) in [6, 6.07) is 24.5. The molecule has 132 valence electrons. The molecule has 4 heteroatoms. The second-order valence-electron chi connectivity index (χ2n) is 6.11. The van der Waals surface area contributed by atoms with E-state index in [9.17, 15) is 4.79 Å². The SMILES string of the molecule is Cc1ccccc1NC(=O)C(C)Nc1ccc(Oc2ccccc2)cc1. The number of rotatable bonds is 6. The van der Waals surface area contributed by atoms with Crippen molar-refractivity contribution in [3.8, 4) is 11.5 Å². The molecule has 3 aromatic carbocycles. The monoisotopic (exact) mass is 346 g/mol. The maximum Gasteiger partial charge on any atom is 0.246 e. The zero-order chi connectivity index (χ0) is 18.4. The van der Waals surface area contributed by atoms with E-state index >= 15 is 0 Å². The maximum absolute atomic E-state index is 12.4. The minimum absolute atomic E-state index is 0.0797. The molecule has 0 saturated carbocycles. The van der Waals surface area contributed by atoms with Gasteiger partial charge in [0.25, 0.3) is 0 Å². The summed E-state index contributed by atoms with van der Waals surface area (Å²) in [7, 11) is 0. The fourth-order valence-corrected chi connectivity index (χ4v) is 2.51. The molecule has 0 fully saturated rings. The quantitative estimate of drug-likeness (QED) is 0.643. The molecule has 0 radical (unpaired) electrons. The second kappa shape index (κ2) is 8.21. The van der Waals surface area contributed by atoms with Crippen LogP contribution in [-0.2, 0) is 4.79 Å². The van der Waals surface area contributed by atoms with Crippen LogP contribution in [0.15, 0.2) is 78.9 Å². The highest BCUT2D eigenvalue weighted by atomic mass is 16.5. The smallest absolute Gasteiger partial charge is 0.246 e. The predicted molar refractivity (Wildman–Crippen MR) is 106 cm³/mol. The normalized spacial score (nSPS) is 11.5. The highest BCUT2D eigenvalue weighted by molar-refractivity contribution is 5.96. The van der Waals surface area contributed by atoms with Gasteiger partial charge in [0.05, 0.1) is 0 Å². The molecule has 1 amide bonds. The van der Waals surface area contributed by atoms with Crippen LogP contribution < -0.4 is 15.4 Å². The van der Waals surface area contributed by atoms with Gasteiger partial charge < -0.3 is 15.4 Å². The predicted octanol–water partition coefficient (Wildman–Crippen LogP) is 5.23. The number of amides is 1. The molecule has 4 nitrogen and oxygen atoms in total. The van der Waals surface area contributed by atoms with E-state index in [0.717, 1.165) is 28.4 Å². The third-order valence-corrected chi connectivity index (χ3v) is 4.01. The third-order valence-electron chi connectivity index (χ3n) is 4.01. The zero-order valence-electron chi connectivity index (χ0n) is 14.9. The summed E-state index contributed by atoms with van der Waals surface area (Å²) in [5.74, 6) is 1.46. The molecule has 3 aromatic rings. The molecular formula is C22H22N2O2. The lowest BCUT2D eigenvalue weighted by Crippen LogP contribution is -2.32. The number of hydrogen-bond acceptors (Lipinski definition) is 3. The molecule has 3 rings (SSSR count). The van der Waals surface area contributed by atoms with Crippen molar-refractivity contribution in [2.45, 2.75) is 19.9 Å². The van der Waals surface area contributed by atoms with Crippen LogP contribution >= 0.6 is 0 Å². The number of nitrogens with one attached hydrogen (secondary N) is 2. The standard InChI is InChI=1S/C22H22N2O2/c1-16-8-6-7-11-21(16)24-22(25)17(2)23-18-12-14-20(15-13-18)26-19-9-4-3-5-10-19/h3-15,17,23H,1-2H3,(H,24,25). The van der Waals surface area contributed by atoms with Gasteiger partial charge in [0.2, 0.25) is 5.91 Å². The van der Waals surface area contributed by atoms with E-state index in [1.165, 1.54) is 0 Å². The zero-order valence-corrected chi connectivity index (χ0v) is 14.9. The van der Waals surface area contributed by atoms with E-state index in [0.29, 0.717) is 0 Å². The van der Waals surface area contributed by atoms with Crippen molar-refractivity contribution in [1.82, 2.24) is 0 Å². The van der Waals surface area contributed by atoms with Crippen molar-refractivity contribution in [3.63, 3.8) is 0 Å². The van der Waals surface area contributed by atoms with Crippen molar-refractivity contribution in [3.05, 3.63) is 84.4 Å². The first-order valence-corrected chi connectivity index (χ1v) is 8.58. The molecule has 0 saturated heterocycles. The molecule has 0 spiro atoms. The van der Waals surface area contributed by atoms with Crippen LogP contribution in [-0.4, -0.2) is 11.9 Å². The highest BCUT2D eigenvalue weighted by Gasteiger charge is 2.13. The van der Waals surface area contributed by atoms with Gasteiger partial charge in [-0.1, -0.05) is 36.4 Å². The summed E-state index contributed by atoms with van der Waals surface area (Å²) in [6.07, 6.45) is 0. The van der Waals surface area contributed by atoms with Crippen molar-refractivity contribution >= 4 is 17.3 Å². The largest absolute Gasteiger partial charge is 0.457 e. The van der Waals surface area contributed by atoms with Crippen LogP contribution in [0.4, 0.5) is 11.4 Å². The lowest BCUT2D eigenvalue weighted by Gasteiger charge is -2.16. The summed E-state index contributed by atoms with van der Waals surface area (Å²) in [5, 5.41) is 6.15. The lowest BCUT2D eigenvalue weighted by molar-refractivity contribution is -0.116. The van der Waals surface area contributed by atoms with Crippen LogP contribution in [0.1, 0.15) is 12.5 Å². The Morgan fingerprint density at radius 1 is 0.846 bits per heavy atom. The fraction of sp³-hybridized carbons (Fsp3) is 0.136. The molecule has 0 aliphatic carbocycles. The summed E-state index contributed by atoms with van der Waals surface area (Å²) < 4.78 is 5.77. The third kappa shape index (κ3) is 4.63. The Kier molecular flexibility index (Phi) is 5.54. The Morgan fingerprint density at radius 3 is 2.15 bits per heavy atom. The number of carbonyl (C=O) groups excluding carboxylic acids is 1. The number of carbonyl (C=O) groups is 1. The first kappa shape index (κ1) is 17.5. The van der Waals surface area contributed by atoms with Gasteiger partial charge in [-0.15, -0.1) is 0 Å². The Bertz CT molecular complexity index is 861. The van der Waals surface area contributed by atoms with E-state index in [4.69, 9.17) is 4.74 Å². The molecular weight excluding hydrogens is 324 g/mol. The van der Waals surface area contributed by atoms with Crippen LogP contribution in [0.2, 0.25) is 0 Å². The molecule has 26 heavy (non-hydrogen) atoms. The van der Waals surface area contributed by atoms with Gasteiger partial charge in [-0.3, -0.25) is 4.79 Å². The number of aryl methyl sites for hydroxylation is 1. The van der Waals surface area contributed by atoms with Crippen LogP contribution in [0.3, 0.4) is 0 Å². The fourth-order valence-electron chi connectivity index (χ4n) is 2.51. The molecule has 0 aliphatic rings. The van der Waals surface area contributed by atoms with Crippen LogP contribution in [0.5, 0.6) is 11.5 Å². The minimum atomic E-state index is -0.365. The van der Waals surface area contributed by atoms with E-state index in [2.05, 4.69) is 10.6 Å².